The van der Waals surface area contributed by atoms with Gasteiger partial charge in [-0.15, -0.1) is 0 Å². The van der Waals surface area contributed by atoms with Crippen molar-refractivity contribution in [3.63, 3.8) is 0 Å². The maximum atomic E-state index is 10.7. The zero-order valence-corrected chi connectivity index (χ0v) is 7.90. The number of phosphoric ester groups is 1. The molecule has 0 fully saturated rings. The van der Waals surface area contributed by atoms with Crippen LogP contribution in [0.5, 0.6) is 0 Å². The third-order valence-electron chi connectivity index (χ3n) is 1.23. The van der Waals surface area contributed by atoms with E-state index in [0.717, 1.165) is 0 Å². The molecule has 0 unspecified atom stereocenters. The Labute approximate surface area is 78.9 Å². The summed E-state index contributed by atoms with van der Waals surface area (Å²) in [5.74, 6) is -2.77. The van der Waals surface area contributed by atoms with Gasteiger partial charge in [-0.05, 0) is 6.42 Å². The Morgan fingerprint density at radius 2 is 1.93 bits per heavy atom. The molecule has 1 atom stereocenters. The molecule has 0 aromatic rings. The van der Waals surface area contributed by atoms with Gasteiger partial charge in [-0.1, -0.05) is 0 Å². The number of carboxylic acid groups (broad SMARTS) is 1. The van der Waals surface area contributed by atoms with E-state index in [-0.39, 0.29) is 6.42 Å². The molecular formula is C5H8NO7P-2. The van der Waals surface area contributed by atoms with Gasteiger partial charge in [0.2, 0.25) is 0 Å². The monoisotopic (exact) mass is 225 g/mol. The largest absolute Gasteiger partial charge is 0.780 e. The predicted molar refractivity (Wildman–Crippen MR) is 34.6 cm³/mol. The van der Waals surface area contributed by atoms with Crippen molar-refractivity contribution in [1.82, 2.24) is 0 Å². The van der Waals surface area contributed by atoms with Crippen LogP contribution in [0.1, 0.15) is 12.8 Å². The number of quaternary nitrogens is 1. The molecular weight excluding hydrogens is 217 g/mol. The summed E-state index contributed by atoms with van der Waals surface area (Å²) < 4.78 is 13.4. The fraction of sp³-hybridized carbons (Fsp3) is 0.600. The van der Waals surface area contributed by atoms with Crippen molar-refractivity contribution in [1.29, 1.82) is 0 Å². The smallest absolute Gasteiger partial charge is 0.368 e. The summed E-state index contributed by atoms with van der Waals surface area (Å²) in [5, 5.41) is 9.94. The number of carbonyl (C=O) groups excluding carboxylic acids is 2. The third-order valence-corrected chi connectivity index (χ3v) is 1.64. The second kappa shape index (κ2) is 5.06. The summed E-state index contributed by atoms with van der Waals surface area (Å²) >= 11 is 0. The van der Waals surface area contributed by atoms with E-state index in [1.165, 1.54) is 0 Å². The molecule has 0 spiro atoms. The number of phosphoric acid groups is 1. The Hall–Kier alpha value is -0.950. The molecule has 0 aromatic heterocycles. The van der Waals surface area contributed by atoms with Crippen LogP contribution in [0.15, 0.2) is 0 Å². The first-order chi connectivity index (χ1) is 6.22. The predicted octanol–water partition coefficient (Wildman–Crippen LogP) is -4.50. The molecule has 0 bridgehead atoms. The maximum Gasteiger partial charge on any atom is 0.368 e. The van der Waals surface area contributed by atoms with Gasteiger partial charge in [0, 0.05) is 12.4 Å². The topological polar surface area (TPSA) is 157 Å². The van der Waals surface area contributed by atoms with Crippen LogP contribution in [0.25, 0.3) is 0 Å². The molecule has 0 rings (SSSR count). The standard InChI is InChI=1S/C5H10NO7P/c6-3(1-2-4(7)8)5(9)13-14(10,11)12/h3H,1-2,6H2,(H,7,8)(H2,10,11,12)/p-2/t3-/m0/s1. The van der Waals surface area contributed by atoms with Gasteiger partial charge in [-0.2, -0.15) is 0 Å². The molecule has 0 aromatic carbocycles. The van der Waals surface area contributed by atoms with Crippen molar-refractivity contribution >= 4 is 19.8 Å². The highest BCUT2D eigenvalue weighted by Crippen LogP contribution is 2.25. The van der Waals surface area contributed by atoms with Gasteiger partial charge in [0.15, 0.2) is 6.04 Å². The molecule has 0 aliphatic heterocycles. The van der Waals surface area contributed by atoms with Crippen molar-refractivity contribution in [3.8, 4) is 0 Å². The zero-order valence-electron chi connectivity index (χ0n) is 7.00. The minimum atomic E-state index is -5.38. The maximum absolute atomic E-state index is 10.7. The van der Waals surface area contributed by atoms with Gasteiger partial charge < -0.3 is 34.5 Å². The van der Waals surface area contributed by atoms with Crippen molar-refractivity contribution in [2.75, 3.05) is 0 Å². The average molecular weight is 225 g/mol. The summed E-state index contributed by atoms with van der Waals surface area (Å²) in [5.41, 5.74) is 3.13. The lowest BCUT2D eigenvalue weighted by atomic mass is 10.2. The minimum Gasteiger partial charge on any atom is -0.780 e. The third kappa shape index (κ3) is 6.55. The van der Waals surface area contributed by atoms with Gasteiger partial charge in [-0.3, -0.25) is 0 Å². The Morgan fingerprint density at radius 3 is 2.29 bits per heavy atom. The Bertz CT molecular complexity index is 271. The lowest BCUT2D eigenvalue weighted by molar-refractivity contribution is -0.412. The number of carboxylic acids is 1. The van der Waals surface area contributed by atoms with Crippen LogP contribution >= 0.6 is 7.82 Å². The molecule has 0 heterocycles. The molecule has 8 nitrogen and oxygen atoms in total. The summed E-state index contributed by atoms with van der Waals surface area (Å²) in [6, 6.07) is -1.22. The summed E-state index contributed by atoms with van der Waals surface area (Å²) in [7, 11) is -5.38. The first kappa shape index (κ1) is 13.1. The second-order valence-electron chi connectivity index (χ2n) is 2.47. The molecule has 0 aliphatic carbocycles. The molecule has 0 saturated heterocycles. The highest BCUT2D eigenvalue weighted by molar-refractivity contribution is 7.43. The number of hydrogen-bond donors (Lipinski definition) is 1. The van der Waals surface area contributed by atoms with E-state index in [9.17, 15) is 29.0 Å². The van der Waals surface area contributed by atoms with Crippen LogP contribution in [0, 0.1) is 0 Å². The zero-order chi connectivity index (χ0) is 11.4. The van der Waals surface area contributed by atoms with E-state index in [1.807, 2.05) is 0 Å². The number of carbonyl (C=O) groups is 2. The lowest BCUT2D eigenvalue weighted by Crippen LogP contribution is -2.65. The summed E-state index contributed by atoms with van der Waals surface area (Å²) in [6.07, 6.45) is -0.716. The second-order valence-corrected chi connectivity index (χ2v) is 3.54. The van der Waals surface area contributed by atoms with Gasteiger partial charge >= 0.3 is 5.97 Å². The normalized spacial score (nSPS) is 13.4. The van der Waals surface area contributed by atoms with Gasteiger partial charge in [-0.25, -0.2) is 4.79 Å². The van der Waals surface area contributed by atoms with Crippen LogP contribution in [0.2, 0.25) is 0 Å². The molecule has 14 heavy (non-hydrogen) atoms. The molecule has 0 aliphatic rings. The highest BCUT2D eigenvalue weighted by atomic mass is 31.2. The Kier molecular flexibility index (Phi) is 4.72. The SMILES string of the molecule is [NH3+][C@@H](CCC(=O)[O-])C(=O)OP(=O)([O-])[O-]. The van der Waals surface area contributed by atoms with E-state index >= 15 is 0 Å². The Morgan fingerprint density at radius 1 is 1.43 bits per heavy atom. The first-order valence-corrected chi connectivity index (χ1v) is 4.97. The number of hydrogen-bond acceptors (Lipinski definition) is 7. The van der Waals surface area contributed by atoms with Crippen molar-refractivity contribution in [3.05, 3.63) is 0 Å². The summed E-state index contributed by atoms with van der Waals surface area (Å²) in [4.78, 5) is 40.6. The van der Waals surface area contributed by atoms with E-state index in [2.05, 4.69) is 10.3 Å². The Balaban J connectivity index is 4.01. The summed E-state index contributed by atoms with van der Waals surface area (Å²) in [6.45, 7) is 0. The van der Waals surface area contributed by atoms with Crippen LogP contribution in [0.3, 0.4) is 0 Å². The molecule has 0 radical (unpaired) electrons. The molecule has 3 N–H and O–H groups in total. The van der Waals surface area contributed by atoms with E-state index in [1.54, 1.807) is 0 Å². The van der Waals surface area contributed by atoms with Crippen molar-refractivity contribution in [2.45, 2.75) is 18.9 Å². The van der Waals surface area contributed by atoms with E-state index in [0.29, 0.717) is 0 Å². The lowest BCUT2D eigenvalue weighted by Gasteiger charge is -2.28. The molecule has 82 valence electrons. The van der Waals surface area contributed by atoms with Crippen molar-refractivity contribution < 1.29 is 39.3 Å². The van der Waals surface area contributed by atoms with Gasteiger partial charge in [0.05, 0.1) is 0 Å². The molecule has 9 heteroatoms. The van der Waals surface area contributed by atoms with Gasteiger partial charge in [0.1, 0.15) is 7.82 Å². The van der Waals surface area contributed by atoms with Crippen LogP contribution < -0.4 is 20.6 Å². The van der Waals surface area contributed by atoms with Crippen LogP contribution in [-0.2, 0) is 18.7 Å². The minimum absolute atomic E-state index is 0.249. The number of aliphatic carboxylic acids is 1. The molecule has 0 amide bonds. The molecule has 0 saturated carbocycles. The van der Waals surface area contributed by atoms with Crippen LogP contribution in [0.4, 0.5) is 0 Å². The average Bonchev–Trinajstić information content (AvgIpc) is 1.96. The van der Waals surface area contributed by atoms with Gasteiger partial charge in [0.25, 0.3) is 0 Å². The number of rotatable bonds is 5. The van der Waals surface area contributed by atoms with E-state index < -0.39 is 32.2 Å². The van der Waals surface area contributed by atoms with E-state index in [4.69, 9.17) is 0 Å². The quantitative estimate of drug-likeness (QED) is 0.461. The highest BCUT2D eigenvalue weighted by Gasteiger charge is 2.19. The van der Waals surface area contributed by atoms with Crippen LogP contribution in [-0.4, -0.2) is 18.0 Å². The van der Waals surface area contributed by atoms with Crippen molar-refractivity contribution in [2.24, 2.45) is 0 Å². The fourth-order valence-electron chi connectivity index (χ4n) is 0.595. The fourth-order valence-corrected chi connectivity index (χ4v) is 0.964. The first-order valence-electron chi connectivity index (χ1n) is 3.51.